The summed E-state index contributed by atoms with van der Waals surface area (Å²) >= 11 is 1.56. The Morgan fingerprint density at radius 3 is 2.73 bits per heavy atom. The first-order valence-electron chi connectivity index (χ1n) is 8.17. The first-order chi connectivity index (χ1) is 10.8. The Morgan fingerprint density at radius 1 is 1.09 bits per heavy atom. The second-order valence-electron chi connectivity index (χ2n) is 6.06. The summed E-state index contributed by atoms with van der Waals surface area (Å²) in [5, 5.41) is 1.99. The molecule has 0 amide bonds. The SMILES string of the molecule is O=C(C[C@@H]1CCCCCN1Cc1ccccc1)c1cccs1. The van der Waals surface area contributed by atoms with Gasteiger partial charge in [-0.3, -0.25) is 9.69 Å². The van der Waals surface area contributed by atoms with Gasteiger partial charge in [0, 0.05) is 19.0 Å². The maximum absolute atomic E-state index is 12.5. The van der Waals surface area contributed by atoms with Crippen molar-refractivity contribution in [3.8, 4) is 0 Å². The molecule has 1 aliphatic rings. The number of ketones is 1. The van der Waals surface area contributed by atoms with E-state index in [9.17, 15) is 4.79 Å². The predicted octanol–water partition coefficient (Wildman–Crippen LogP) is 4.77. The van der Waals surface area contributed by atoms with Crippen molar-refractivity contribution in [1.29, 1.82) is 0 Å². The summed E-state index contributed by atoms with van der Waals surface area (Å²) < 4.78 is 0. The Morgan fingerprint density at radius 2 is 1.95 bits per heavy atom. The van der Waals surface area contributed by atoms with Crippen molar-refractivity contribution in [3.63, 3.8) is 0 Å². The van der Waals surface area contributed by atoms with Crippen molar-refractivity contribution < 1.29 is 4.79 Å². The van der Waals surface area contributed by atoms with Crippen molar-refractivity contribution in [2.75, 3.05) is 6.54 Å². The standard InChI is InChI=1S/C19H23NOS/c21-18(19-11-7-13-22-19)14-17-10-5-2-6-12-20(17)15-16-8-3-1-4-9-16/h1,3-4,7-9,11,13,17H,2,5-6,10,12,14-15H2/t17-/m0/s1. The van der Waals surface area contributed by atoms with Gasteiger partial charge in [-0.25, -0.2) is 0 Å². The average Bonchev–Trinajstić information content (AvgIpc) is 3.00. The summed E-state index contributed by atoms with van der Waals surface area (Å²) in [6, 6.07) is 14.9. The third-order valence-corrected chi connectivity index (χ3v) is 5.36. The first-order valence-corrected chi connectivity index (χ1v) is 9.05. The lowest BCUT2D eigenvalue weighted by atomic mass is 10.0. The summed E-state index contributed by atoms with van der Waals surface area (Å²) in [6.45, 7) is 2.07. The Kier molecular flexibility index (Phi) is 5.41. The smallest absolute Gasteiger partial charge is 0.174 e. The number of hydrogen-bond acceptors (Lipinski definition) is 3. The van der Waals surface area contributed by atoms with E-state index < -0.39 is 0 Å². The highest BCUT2D eigenvalue weighted by Gasteiger charge is 2.24. The summed E-state index contributed by atoms with van der Waals surface area (Å²) in [6.07, 6.45) is 5.58. The van der Waals surface area contributed by atoms with Crippen LogP contribution < -0.4 is 0 Å². The largest absolute Gasteiger partial charge is 0.296 e. The molecule has 2 aromatic rings. The topological polar surface area (TPSA) is 20.3 Å². The van der Waals surface area contributed by atoms with Crippen LogP contribution in [0.3, 0.4) is 0 Å². The van der Waals surface area contributed by atoms with E-state index in [1.165, 1.54) is 24.8 Å². The van der Waals surface area contributed by atoms with Crippen molar-refractivity contribution in [2.45, 2.75) is 44.7 Å². The van der Waals surface area contributed by atoms with Crippen LogP contribution in [0.2, 0.25) is 0 Å². The molecule has 1 aromatic heterocycles. The van der Waals surface area contributed by atoms with Gasteiger partial charge in [-0.15, -0.1) is 11.3 Å². The van der Waals surface area contributed by atoms with E-state index in [0.29, 0.717) is 18.2 Å². The van der Waals surface area contributed by atoms with E-state index in [4.69, 9.17) is 0 Å². The molecule has 0 spiro atoms. The lowest BCUT2D eigenvalue weighted by Crippen LogP contribution is -2.36. The van der Waals surface area contributed by atoms with Crippen molar-refractivity contribution in [3.05, 3.63) is 58.3 Å². The molecular formula is C19H23NOS. The van der Waals surface area contributed by atoms with Crippen LogP contribution in [0.4, 0.5) is 0 Å². The fourth-order valence-electron chi connectivity index (χ4n) is 3.25. The highest BCUT2D eigenvalue weighted by Crippen LogP contribution is 2.24. The Hall–Kier alpha value is -1.45. The predicted molar refractivity (Wildman–Crippen MR) is 92.4 cm³/mol. The van der Waals surface area contributed by atoms with E-state index in [1.54, 1.807) is 11.3 Å². The molecule has 2 nitrogen and oxygen atoms in total. The second kappa shape index (κ2) is 7.70. The van der Waals surface area contributed by atoms with Gasteiger partial charge in [0.05, 0.1) is 4.88 Å². The van der Waals surface area contributed by atoms with Gasteiger partial charge < -0.3 is 0 Å². The van der Waals surface area contributed by atoms with Crippen LogP contribution in [-0.4, -0.2) is 23.3 Å². The third kappa shape index (κ3) is 4.05. The molecule has 0 N–H and O–H groups in total. The number of nitrogens with zero attached hydrogens (tertiary/aromatic N) is 1. The van der Waals surface area contributed by atoms with E-state index in [2.05, 4.69) is 35.2 Å². The number of thiophene rings is 1. The van der Waals surface area contributed by atoms with Gasteiger partial charge >= 0.3 is 0 Å². The number of carbonyl (C=O) groups is 1. The lowest BCUT2D eigenvalue weighted by Gasteiger charge is -2.29. The van der Waals surface area contributed by atoms with Gasteiger partial charge in [0.1, 0.15) is 0 Å². The molecule has 1 aromatic carbocycles. The molecule has 3 heteroatoms. The molecule has 0 aliphatic carbocycles. The van der Waals surface area contributed by atoms with Crippen LogP contribution >= 0.6 is 11.3 Å². The minimum atomic E-state index is 0.306. The summed E-state index contributed by atoms with van der Waals surface area (Å²) in [4.78, 5) is 15.9. The molecular weight excluding hydrogens is 290 g/mol. The molecule has 1 fully saturated rings. The molecule has 1 atom stereocenters. The summed E-state index contributed by atoms with van der Waals surface area (Å²) in [5.74, 6) is 0.306. The quantitative estimate of drug-likeness (QED) is 0.741. The molecule has 0 radical (unpaired) electrons. The number of likely N-dealkylation sites (tertiary alicyclic amines) is 1. The summed E-state index contributed by atoms with van der Waals surface area (Å²) in [7, 11) is 0. The Balaban J connectivity index is 1.69. The highest BCUT2D eigenvalue weighted by molar-refractivity contribution is 7.12. The molecule has 1 saturated heterocycles. The van der Waals surface area contributed by atoms with Crippen molar-refractivity contribution in [2.24, 2.45) is 0 Å². The molecule has 0 saturated carbocycles. The van der Waals surface area contributed by atoms with E-state index in [0.717, 1.165) is 24.4 Å². The van der Waals surface area contributed by atoms with E-state index in [-0.39, 0.29) is 0 Å². The van der Waals surface area contributed by atoms with Crippen LogP contribution in [-0.2, 0) is 6.54 Å². The second-order valence-corrected chi connectivity index (χ2v) is 7.01. The van der Waals surface area contributed by atoms with Crippen molar-refractivity contribution in [1.82, 2.24) is 4.90 Å². The fraction of sp³-hybridized carbons (Fsp3) is 0.421. The van der Waals surface area contributed by atoms with Gasteiger partial charge in [0.25, 0.3) is 0 Å². The zero-order valence-corrected chi connectivity index (χ0v) is 13.7. The molecule has 116 valence electrons. The zero-order valence-electron chi connectivity index (χ0n) is 12.9. The van der Waals surface area contributed by atoms with Crippen LogP contribution in [0.15, 0.2) is 47.8 Å². The van der Waals surface area contributed by atoms with Gasteiger partial charge in [0.15, 0.2) is 5.78 Å². The van der Waals surface area contributed by atoms with Gasteiger partial charge in [0.2, 0.25) is 0 Å². The molecule has 2 heterocycles. The molecule has 22 heavy (non-hydrogen) atoms. The maximum Gasteiger partial charge on any atom is 0.174 e. The van der Waals surface area contributed by atoms with Crippen molar-refractivity contribution >= 4 is 17.1 Å². The Labute approximate surface area is 136 Å². The molecule has 0 bridgehead atoms. The minimum Gasteiger partial charge on any atom is -0.296 e. The van der Waals surface area contributed by atoms with Crippen LogP contribution in [0.5, 0.6) is 0 Å². The van der Waals surface area contributed by atoms with E-state index >= 15 is 0 Å². The Bertz CT molecular complexity index is 579. The van der Waals surface area contributed by atoms with Gasteiger partial charge in [-0.05, 0) is 36.4 Å². The summed E-state index contributed by atoms with van der Waals surface area (Å²) in [5.41, 5.74) is 1.35. The average molecular weight is 313 g/mol. The monoisotopic (exact) mass is 313 g/mol. The first kappa shape index (κ1) is 15.4. The number of carbonyl (C=O) groups excluding carboxylic acids is 1. The number of rotatable bonds is 5. The maximum atomic E-state index is 12.5. The number of hydrogen-bond donors (Lipinski definition) is 0. The third-order valence-electron chi connectivity index (χ3n) is 4.44. The van der Waals surface area contributed by atoms with Gasteiger partial charge in [-0.2, -0.15) is 0 Å². The lowest BCUT2D eigenvalue weighted by molar-refractivity contribution is 0.0915. The molecule has 1 aliphatic heterocycles. The van der Waals surface area contributed by atoms with E-state index in [1.807, 2.05) is 17.5 Å². The molecule has 0 unspecified atom stereocenters. The highest BCUT2D eigenvalue weighted by atomic mass is 32.1. The fourth-order valence-corrected chi connectivity index (χ4v) is 3.92. The zero-order chi connectivity index (χ0) is 15.2. The normalized spacial score (nSPS) is 19.7. The number of benzene rings is 1. The van der Waals surface area contributed by atoms with Crippen LogP contribution in [0.25, 0.3) is 0 Å². The molecule has 3 rings (SSSR count). The van der Waals surface area contributed by atoms with Gasteiger partial charge in [-0.1, -0.05) is 49.2 Å². The van der Waals surface area contributed by atoms with Crippen LogP contribution in [0.1, 0.15) is 47.3 Å². The van der Waals surface area contributed by atoms with Crippen LogP contribution in [0, 0.1) is 0 Å². The minimum absolute atomic E-state index is 0.306. The number of Topliss-reactive ketones (excluding diaryl/α,β-unsaturated/α-hetero) is 1.